The van der Waals surface area contributed by atoms with E-state index in [1.54, 1.807) is 29.8 Å². The minimum absolute atomic E-state index is 0.128. The zero-order valence-electron chi connectivity index (χ0n) is 43.4. The smallest absolute Gasteiger partial charge is 0.172 e. The topological polar surface area (TPSA) is 70.0 Å². The number of hydrogen-bond donors (Lipinski definition) is 0. The average molecular weight is 1100 g/mol. The molecule has 0 amide bonds. The molecule has 73 heavy (non-hydrogen) atoms. The van der Waals surface area contributed by atoms with Crippen molar-refractivity contribution in [3.63, 3.8) is 0 Å². The highest BCUT2D eigenvalue weighted by molar-refractivity contribution is 7.25. The van der Waals surface area contributed by atoms with E-state index in [0.29, 0.717) is 51.2 Å². The molecule has 2 unspecified atom stereocenters. The molecule has 6 aromatic heterocycles. The second-order valence-electron chi connectivity index (χ2n) is 19.2. The van der Waals surface area contributed by atoms with Crippen molar-refractivity contribution in [2.75, 3.05) is 13.7 Å². The number of halogens is 2. The number of hydrogen-bond acceptors (Lipinski definition) is 12. The molecule has 2 atom stereocenters. The highest BCUT2D eigenvalue weighted by Gasteiger charge is 2.31. The number of fused-ring (bicyclic) bond motifs is 2. The number of aromatic nitrogens is 4. The van der Waals surface area contributed by atoms with Gasteiger partial charge < -0.3 is 9.47 Å². The van der Waals surface area contributed by atoms with Crippen LogP contribution in [0, 0.1) is 37.3 Å². The first-order valence-corrected chi connectivity index (χ1v) is 31.0. The van der Waals surface area contributed by atoms with E-state index in [1.165, 1.54) is 103 Å². The van der Waals surface area contributed by atoms with Crippen molar-refractivity contribution in [2.24, 2.45) is 11.8 Å². The van der Waals surface area contributed by atoms with Crippen LogP contribution in [0.4, 0.5) is 8.78 Å². The van der Waals surface area contributed by atoms with Crippen LogP contribution in [0.3, 0.4) is 0 Å². The van der Waals surface area contributed by atoms with Crippen LogP contribution in [0.5, 0.6) is 11.5 Å². The summed E-state index contributed by atoms with van der Waals surface area (Å²) >= 11 is 8.53. The van der Waals surface area contributed by atoms with Gasteiger partial charge in [-0.25, -0.2) is 8.78 Å². The molecule has 8 rings (SSSR count). The van der Waals surface area contributed by atoms with E-state index in [9.17, 15) is 0 Å². The number of benzene rings is 2. The molecule has 0 saturated carbocycles. The molecular weight excluding hydrogens is 1030 g/mol. The Hall–Kier alpha value is -4.36. The van der Waals surface area contributed by atoms with Gasteiger partial charge in [0, 0.05) is 39.0 Å². The molecule has 0 radical (unpaired) electrons. The largest absolute Gasteiger partial charge is 0.492 e. The first-order chi connectivity index (χ1) is 35.6. The van der Waals surface area contributed by atoms with Crippen molar-refractivity contribution < 1.29 is 18.3 Å². The Labute approximate surface area is 455 Å². The number of unbranched alkanes of at least 4 members (excludes halogenated alkanes) is 8. The van der Waals surface area contributed by atoms with E-state index < -0.39 is 11.6 Å². The zero-order chi connectivity index (χ0) is 51.4. The third kappa shape index (κ3) is 12.5. The Morgan fingerprint density at radius 1 is 0.589 bits per heavy atom. The predicted molar refractivity (Wildman–Crippen MR) is 312 cm³/mol. The van der Waals surface area contributed by atoms with Crippen LogP contribution in [0.25, 0.3) is 73.6 Å². The van der Waals surface area contributed by atoms with Gasteiger partial charge in [0.05, 0.1) is 59.4 Å². The molecule has 6 heterocycles. The third-order valence-corrected chi connectivity index (χ3v) is 19.5. The predicted octanol–water partition coefficient (Wildman–Crippen LogP) is 20.3. The van der Waals surface area contributed by atoms with E-state index in [0.717, 1.165) is 109 Å². The minimum Gasteiger partial charge on any atom is -0.492 e. The van der Waals surface area contributed by atoms with Crippen molar-refractivity contribution in [2.45, 2.75) is 151 Å². The number of methoxy groups -OCH3 is 1. The van der Waals surface area contributed by atoms with Crippen molar-refractivity contribution >= 4 is 90.9 Å². The van der Waals surface area contributed by atoms with Gasteiger partial charge >= 0.3 is 0 Å². The standard InChI is InChI=1S/C59H68F2N4O2S6/c1-9-14-19-21-25-38(23-16-11-3)32-40-34-45(69-37(40)7)47-51(60)52(61)48(54-53(47)62-72-63-54)46-35-41(33-39(24-17-12-4)26-22-20-15-10-2)59(71-46)44-30-29-43(70-44)49-55-56(65-73-64-55)50(42-28-27-36(6)68-42)58(57(49)66-8)67-31-18-13-5/h24,27-30,34-35,38-39H,4,9-11,13-16,18-23,25-26,31-33H2,1-3,5-8H3. The van der Waals surface area contributed by atoms with Crippen molar-refractivity contribution in [3.8, 4) is 63.0 Å². The second-order valence-corrected chi connectivity index (χ2v) is 24.9. The number of rotatable bonds is 28. The SMILES string of the molecule is C=C=C=CC(CCCCCC)Cc1cc(-c2c(F)c(F)c(-c3cc(CC(CCCC)CCCCCC)c(C)s3)c3nsnc23)sc1-c1ccc(-c2c(OC)c(OCCCC)c(-c3ccc(C)s3)c3nsnc23)s1. The summed E-state index contributed by atoms with van der Waals surface area (Å²) in [5.41, 5.74) is 12.7. The summed E-state index contributed by atoms with van der Waals surface area (Å²) in [5.74, 6) is 0.214. The van der Waals surface area contributed by atoms with Crippen LogP contribution < -0.4 is 9.47 Å². The van der Waals surface area contributed by atoms with E-state index in [-0.39, 0.29) is 17.0 Å². The normalized spacial score (nSPS) is 12.5. The molecule has 0 fully saturated rings. The molecule has 8 aromatic rings. The Kier molecular flexibility index (Phi) is 19.9. The number of ether oxygens (including phenoxy) is 2. The lowest BCUT2D eigenvalue weighted by atomic mass is 9.89. The van der Waals surface area contributed by atoms with Gasteiger partial charge in [0.1, 0.15) is 22.1 Å². The van der Waals surface area contributed by atoms with Gasteiger partial charge in [0.2, 0.25) is 0 Å². The van der Waals surface area contributed by atoms with Crippen LogP contribution in [0.2, 0.25) is 0 Å². The van der Waals surface area contributed by atoms with E-state index >= 15 is 8.78 Å². The molecule has 386 valence electrons. The maximum absolute atomic E-state index is 17.4. The van der Waals surface area contributed by atoms with Crippen molar-refractivity contribution in [3.05, 3.63) is 93.0 Å². The van der Waals surface area contributed by atoms with Crippen LogP contribution in [0.1, 0.15) is 145 Å². The lowest BCUT2D eigenvalue weighted by Gasteiger charge is -2.18. The molecule has 14 heteroatoms. The Morgan fingerprint density at radius 3 is 1.77 bits per heavy atom. The summed E-state index contributed by atoms with van der Waals surface area (Å²) in [5, 5.41) is 0. The van der Waals surface area contributed by atoms with Gasteiger partial charge in [-0.3, -0.25) is 0 Å². The highest BCUT2D eigenvalue weighted by atomic mass is 32.1. The van der Waals surface area contributed by atoms with Gasteiger partial charge in [-0.1, -0.05) is 123 Å². The lowest BCUT2D eigenvalue weighted by Crippen LogP contribution is -2.05. The van der Waals surface area contributed by atoms with Crippen LogP contribution >= 0.6 is 68.8 Å². The first kappa shape index (κ1) is 54.9. The maximum atomic E-state index is 17.4. The number of aryl methyl sites for hydroxylation is 2. The Morgan fingerprint density at radius 2 is 1.15 bits per heavy atom. The van der Waals surface area contributed by atoms with Gasteiger partial charge in [-0.15, -0.1) is 45.3 Å². The lowest BCUT2D eigenvalue weighted by molar-refractivity contribution is 0.290. The highest BCUT2D eigenvalue weighted by Crippen LogP contribution is 2.55. The molecule has 0 aliphatic rings. The van der Waals surface area contributed by atoms with E-state index in [2.05, 4.69) is 102 Å². The van der Waals surface area contributed by atoms with Gasteiger partial charge in [0.15, 0.2) is 23.1 Å². The van der Waals surface area contributed by atoms with Gasteiger partial charge in [0.25, 0.3) is 0 Å². The Bertz CT molecular complexity index is 3200. The first-order valence-electron chi connectivity index (χ1n) is 26.3. The molecule has 0 saturated heterocycles. The monoisotopic (exact) mass is 1090 g/mol. The molecule has 0 bridgehead atoms. The third-order valence-electron chi connectivity index (χ3n) is 13.8. The zero-order valence-corrected chi connectivity index (χ0v) is 48.3. The average Bonchev–Trinajstić information content (AvgIpc) is 4.27. The Balaban J connectivity index is 1.23. The summed E-state index contributed by atoms with van der Waals surface area (Å²) in [6.45, 7) is 17.4. The molecule has 2 aromatic carbocycles. The number of thiophene rings is 4. The van der Waals surface area contributed by atoms with Crippen molar-refractivity contribution in [1.29, 1.82) is 0 Å². The fourth-order valence-electron chi connectivity index (χ4n) is 9.93. The van der Waals surface area contributed by atoms with Crippen LogP contribution in [-0.2, 0) is 12.8 Å². The van der Waals surface area contributed by atoms with E-state index in [1.807, 2.05) is 0 Å². The van der Waals surface area contributed by atoms with Gasteiger partial charge in [-0.2, -0.15) is 17.5 Å². The molecule has 6 nitrogen and oxygen atoms in total. The van der Waals surface area contributed by atoms with Crippen LogP contribution in [0.15, 0.2) is 60.5 Å². The summed E-state index contributed by atoms with van der Waals surface area (Å²) in [6.07, 6.45) is 20.8. The minimum atomic E-state index is -0.892. The second kappa shape index (κ2) is 26.4. The van der Waals surface area contributed by atoms with Crippen molar-refractivity contribution in [1.82, 2.24) is 17.5 Å². The molecular formula is C59H68F2N4O2S6. The molecule has 0 aliphatic carbocycles. The summed E-state index contributed by atoms with van der Waals surface area (Å²) in [7, 11) is 1.69. The number of allylic oxidation sites excluding steroid dienone is 1. The molecule has 0 aliphatic heterocycles. The summed E-state index contributed by atoms with van der Waals surface area (Å²) < 4.78 is 66.7. The van der Waals surface area contributed by atoms with Gasteiger partial charge in [-0.05, 0) is 112 Å². The summed E-state index contributed by atoms with van der Waals surface area (Å²) in [4.78, 5) is 7.63. The maximum Gasteiger partial charge on any atom is 0.172 e. The quantitative estimate of drug-likeness (QED) is 0.0360. The number of nitrogens with zero attached hydrogens (tertiary/aromatic N) is 4. The van der Waals surface area contributed by atoms with Crippen LogP contribution in [-0.4, -0.2) is 31.2 Å². The fraction of sp³-hybridized carbons (Fsp3) is 0.458. The molecule has 0 N–H and O–H groups in total. The van der Waals surface area contributed by atoms with E-state index in [4.69, 9.17) is 27.0 Å². The fourth-order valence-corrected chi connectivity index (χ4v) is 15.5. The molecule has 0 spiro atoms. The summed E-state index contributed by atoms with van der Waals surface area (Å²) in [6, 6.07) is 12.6.